The highest BCUT2D eigenvalue weighted by Gasteiger charge is 2.12. The monoisotopic (exact) mass is 350 g/mol. The summed E-state index contributed by atoms with van der Waals surface area (Å²) in [5, 5.41) is 7.06. The van der Waals surface area contributed by atoms with E-state index in [-0.39, 0.29) is 6.10 Å². The van der Waals surface area contributed by atoms with Gasteiger partial charge in [0.2, 0.25) is 0 Å². The van der Waals surface area contributed by atoms with Crippen molar-refractivity contribution in [2.24, 2.45) is 0 Å². The summed E-state index contributed by atoms with van der Waals surface area (Å²) in [4.78, 5) is 0. The molecule has 2 rings (SSSR count). The van der Waals surface area contributed by atoms with E-state index in [4.69, 9.17) is 21.7 Å². The minimum atomic E-state index is 0.162. The van der Waals surface area contributed by atoms with Crippen LogP contribution >= 0.6 is 12.2 Å². The van der Waals surface area contributed by atoms with E-state index in [9.17, 15) is 0 Å². The minimum Gasteiger partial charge on any atom is -0.491 e. The second-order valence-electron chi connectivity index (χ2n) is 6.56. The number of benzene rings is 1. The maximum absolute atomic E-state index is 5.92. The molecule has 1 aromatic rings. The van der Waals surface area contributed by atoms with Crippen molar-refractivity contribution in [1.82, 2.24) is 5.32 Å². The van der Waals surface area contributed by atoms with Crippen molar-refractivity contribution in [3.8, 4) is 5.75 Å². The summed E-state index contributed by atoms with van der Waals surface area (Å²) in [5.41, 5.74) is 0.934. The summed E-state index contributed by atoms with van der Waals surface area (Å²) < 4.78 is 11.6. The predicted octanol–water partition coefficient (Wildman–Crippen LogP) is 4.50. The third-order valence-corrected chi connectivity index (χ3v) is 4.22. The van der Waals surface area contributed by atoms with E-state index in [2.05, 4.69) is 10.6 Å². The zero-order valence-corrected chi connectivity index (χ0v) is 15.7. The van der Waals surface area contributed by atoms with Crippen LogP contribution in [0.1, 0.15) is 52.4 Å². The van der Waals surface area contributed by atoms with Crippen LogP contribution in [0.3, 0.4) is 0 Å². The van der Waals surface area contributed by atoms with Crippen LogP contribution in [0.4, 0.5) is 5.69 Å². The van der Waals surface area contributed by atoms with Crippen LogP contribution in [0.15, 0.2) is 24.3 Å². The first-order valence-corrected chi connectivity index (χ1v) is 9.47. The minimum absolute atomic E-state index is 0.162. The average Bonchev–Trinajstić information content (AvgIpc) is 2.55. The summed E-state index contributed by atoms with van der Waals surface area (Å²) in [5.74, 6) is 0.846. The highest BCUT2D eigenvalue weighted by Crippen LogP contribution is 2.20. The van der Waals surface area contributed by atoms with Crippen molar-refractivity contribution in [2.75, 3.05) is 18.5 Å². The first-order chi connectivity index (χ1) is 11.6. The summed E-state index contributed by atoms with van der Waals surface area (Å²) >= 11 is 5.34. The molecule has 1 saturated carbocycles. The van der Waals surface area contributed by atoms with E-state index in [1.807, 2.05) is 38.1 Å². The van der Waals surface area contributed by atoms with Crippen molar-refractivity contribution in [3.05, 3.63) is 24.3 Å². The van der Waals surface area contributed by atoms with E-state index in [0.717, 1.165) is 31.0 Å². The van der Waals surface area contributed by atoms with Gasteiger partial charge in [0.15, 0.2) is 5.11 Å². The summed E-state index contributed by atoms with van der Waals surface area (Å²) in [6.07, 6.45) is 8.05. The maximum Gasteiger partial charge on any atom is 0.170 e. The number of nitrogens with one attached hydrogen (secondary N) is 2. The van der Waals surface area contributed by atoms with Gasteiger partial charge in [-0.15, -0.1) is 0 Å². The second kappa shape index (κ2) is 10.5. The molecule has 1 aliphatic rings. The molecule has 0 aliphatic heterocycles. The van der Waals surface area contributed by atoms with Crippen LogP contribution in [-0.4, -0.2) is 30.5 Å². The molecule has 0 amide bonds. The van der Waals surface area contributed by atoms with Crippen LogP contribution in [-0.2, 0) is 4.74 Å². The number of rotatable bonds is 8. The highest BCUT2D eigenvalue weighted by atomic mass is 32.1. The van der Waals surface area contributed by atoms with Crippen LogP contribution < -0.4 is 15.4 Å². The van der Waals surface area contributed by atoms with Crippen molar-refractivity contribution >= 4 is 23.0 Å². The molecule has 0 atom stereocenters. The smallest absolute Gasteiger partial charge is 0.170 e. The molecule has 0 radical (unpaired) electrons. The van der Waals surface area contributed by atoms with Crippen molar-refractivity contribution < 1.29 is 9.47 Å². The first-order valence-electron chi connectivity index (χ1n) is 9.06. The first kappa shape index (κ1) is 19.0. The number of hydrogen-bond acceptors (Lipinski definition) is 3. The summed E-state index contributed by atoms with van der Waals surface area (Å²) in [6.45, 7) is 5.65. The lowest BCUT2D eigenvalue weighted by Gasteiger charge is -2.22. The van der Waals surface area contributed by atoms with E-state index in [1.54, 1.807) is 0 Å². The number of ether oxygens (including phenoxy) is 2. The van der Waals surface area contributed by atoms with Gasteiger partial charge in [-0.1, -0.05) is 25.3 Å². The van der Waals surface area contributed by atoms with Gasteiger partial charge >= 0.3 is 0 Å². The highest BCUT2D eigenvalue weighted by molar-refractivity contribution is 7.80. The molecule has 4 nitrogen and oxygen atoms in total. The Morgan fingerprint density at radius 3 is 2.79 bits per heavy atom. The zero-order chi connectivity index (χ0) is 17.2. The molecule has 1 fully saturated rings. The normalized spacial score (nSPS) is 15.3. The summed E-state index contributed by atoms with van der Waals surface area (Å²) in [7, 11) is 0. The SMILES string of the molecule is CC(C)Oc1cccc(NC(=S)NCCCOC2CCCCC2)c1. The van der Waals surface area contributed by atoms with Gasteiger partial charge in [-0.2, -0.15) is 0 Å². The quantitative estimate of drug-likeness (QED) is 0.534. The van der Waals surface area contributed by atoms with Crippen LogP contribution in [0.25, 0.3) is 0 Å². The fraction of sp³-hybridized carbons (Fsp3) is 0.632. The van der Waals surface area contributed by atoms with Crippen molar-refractivity contribution in [1.29, 1.82) is 0 Å². The Morgan fingerprint density at radius 1 is 1.25 bits per heavy atom. The lowest BCUT2D eigenvalue weighted by atomic mass is 9.98. The molecule has 24 heavy (non-hydrogen) atoms. The Morgan fingerprint density at radius 2 is 2.04 bits per heavy atom. The Kier molecular flexibility index (Phi) is 8.33. The van der Waals surface area contributed by atoms with E-state index in [1.165, 1.54) is 32.1 Å². The van der Waals surface area contributed by atoms with Crippen molar-refractivity contribution in [2.45, 2.75) is 64.6 Å². The molecule has 5 heteroatoms. The second-order valence-corrected chi connectivity index (χ2v) is 6.97. The van der Waals surface area contributed by atoms with E-state index < -0.39 is 0 Å². The number of anilines is 1. The van der Waals surface area contributed by atoms with Gasteiger partial charge in [-0.05, 0) is 57.5 Å². The lowest BCUT2D eigenvalue weighted by Crippen LogP contribution is -2.30. The molecular formula is C19H30N2O2S. The van der Waals surface area contributed by atoms with Crippen LogP contribution in [0.5, 0.6) is 5.75 Å². The molecule has 0 heterocycles. The maximum atomic E-state index is 5.92. The molecule has 0 aromatic heterocycles. The van der Waals surface area contributed by atoms with Gasteiger partial charge in [-0.3, -0.25) is 0 Å². The summed E-state index contributed by atoms with van der Waals surface area (Å²) in [6, 6.07) is 7.85. The Bertz CT molecular complexity index is 502. The Hall–Kier alpha value is -1.33. The van der Waals surface area contributed by atoms with Gasteiger partial charge in [0.05, 0.1) is 12.2 Å². The molecule has 0 spiro atoms. The fourth-order valence-corrected chi connectivity index (χ4v) is 3.07. The topological polar surface area (TPSA) is 42.5 Å². The van der Waals surface area contributed by atoms with Crippen molar-refractivity contribution in [3.63, 3.8) is 0 Å². The van der Waals surface area contributed by atoms with Crippen LogP contribution in [0.2, 0.25) is 0 Å². The molecule has 1 aromatic carbocycles. The van der Waals surface area contributed by atoms with Gasteiger partial charge in [0.25, 0.3) is 0 Å². The van der Waals surface area contributed by atoms with Gasteiger partial charge in [-0.25, -0.2) is 0 Å². The Balaban J connectivity index is 1.60. The molecule has 134 valence electrons. The molecule has 0 unspecified atom stereocenters. The van der Waals surface area contributed by atoms with Crippen LogP contribution in [0, 0.1) is 0 Å². The van der Waals surface area contributed by atoms with Gasteiger partial charge in [0.1, 0.15) is 5.75 Å². The predicted molar refractivity (Wildman–Crippen MR) is 104 cm³/mol. The number of thiocarbonyl (C=S) groups is 1. The standard InChI is InChI=1S/C19H30N2O2S/c1-15(2)23-18-11-6-8-16(14-18)21-19(24)20-12-7-13-22-17-9-4-3-5-10-17/h6,8,11,14-15,17H,3-5,7,9-10,12-13H2,1-2H3,(H2,20,21,24). The average molecular weight is 351 g/mol. The largest absolute Gasteiger partial charge is 0.491 e. The Labute approximate surface area is 151 Å². The van der Waals surface area contributed by atoms with E-state index in [0.29, 0.717) is 11.2 Å². The fourth-order valence-electron chi connectivity index (χ4n) is 2.85. The number of hydrogen-bond donors (Lipinski definition) is 2. The molecule has 1 aliphatic carbocycles. The van der Waals surface area contributed by atoms with E-state index >= 15 is 0 Å². The molecule has 0 bridgehead atoms. The third kappa shape index (κ3) is 7.49. The van der Waals surface area contributed by atoms with Gasteiger partial charge < -0.3 is 20.1 Å². The molecule has 0 saturated heterocycles. The molecule has 2 N–H and O–H groups in total. The molecular weight excluding hydrogens is 320 g/mol. The lowest BCUT2D eigenvalue weighted by molar-refractivity contribution is 0.0277. The zero-order valence-electron chi connectivity index (χ0n) is 14.8. The van der Waals surface area contributed by atoms with Gasteiger partial charge in [0, 0.05) is 24.9 Å². The third-order valence-electron chi connectivity index (χ3n) is 3.98.